The normalized spacial score (nSPS) is 21.6. The highest BCUT2D eigenvalue weighted by Gasteiger charge is 2.35. The van der Waals surface area contributed by atoms with E-state index in [9.17, 15) is 17.6 Å². The van der Waals surface area contributed by atoms with Gasteiger partial charge in [0.1, 0.15) is 11.6 Å². The monoisotopic (exact) mass is 451 g/mol. The number of amides is 1. The zero-order chi connectivity index (χ0) is 22.1. The average Bonchev–Trinajstić information content (AvgIpc) is 3.50. The summed E-state index contributed by atoms with van der Waals surface area (Å²) in [6, 6.07) is 2.70. The van der Waals surface area contributed by atoms with Gasteiger partial charge in [0.15, 0.2) is 0 Å². The highest BCUT2D eigenvalue weighted by Crippen LogP contribution is 2.46. The second-order valence-corrected chi connectivity index (χ2v) is 10.6. The van der Waals surface area contributed by atoms with E-state index in [0.717, 1.165) is 50.5 Å². The number of hydrogen-bond acceptors (Lipinski definition) is 5. The maximum absolute atomic E-state index is 14.9. The lowest BCUT2D eigenvalue weighted by atomic mass is 9.75. The minimum atomic E-state index is -3.93. The minimum absolute atomic E-state index is 0.147. The van der Waals surface area contributed by atoms with Gasteiger partial charge in [-0.15, -0.1) is 0 Å². The van der Waals surface area contributed by atoms with Crippen molar-refractivity contribution in [1.29, 1.82) is 0 Å². The molecule has 2 saturated carbocycles. The van der Waals surface area contributed by atoms with Crippen molar-refractivity contribution in [3.8, 4) is 5.75 Å². The Morgan fingerprint density at radius 2 is 1.97 bits per heavy atom. The van der Waals surface area contributed by atoms with Gasteiger partial charge in [-0.25, -0.2) is 9.11 Å². The van der Waals surface area contributed by atoms with Gasteiger partial charge >= 0.3 is 10.2 Å². The molecular weight excluding hydrogens is 421 g/mol. The highest BCUT2D eigenvalue weighted by molar-refractivity contribution is 7.87. The summed E-state index contributed by atoms with van der Waals surface area (Å²) < 4.78 is 48.6. The van der Waals surface area contributed by atoms with Gasteiger partial charge in [0.25, 0.3) is 5.91 Å². The Morgan fingerprint density at radius 1 is 1.26 bits per heavy atom. The van der Waals surface area contributed by atoms with E-state index in [1.807, 2.05) is 10.9 Å². The lowest BCUT2D eigenvalue weighted by molar-refractivity contribution is 0.0973. The summed E-state index contributed by atoms with van der Waals surface area (Å²) in [5.41, 5.74) is 0.360. The Morgan fingerprint density at radius 3 is 2.55 bits per heavy atom. The summed E-state index contributed by atoms with van der Waals surface area (Å²) in [6.07, 6.45) is 10.0. The second kappa shape index (κ2) is 8.86. The molecule has 2 aliphatic carbocycles. The molecule has 31 heavy (non-hydrogen) atoms. The summed E-state index contributed by atoms with van der Waals surface area (Å²) in [5.74, 6) is -1.08. The first-order valence-electron chi connectivity index (χ1n) is 11.1. The van der Waals surface area contributed by atoms with E-state index in [1.54, 1.807) is 7.05 Å². The molecule has 1 N–H and O–H groups in total. The van der Waals surface area contributed by atoms with Crippen molar-refractivity contribution in [3.05, 3.63) is 29.1 Å². The second-order valence-electron chi connectivity index (χ2n) is 8.93. The quantitative estimate of drug-likeness (QED) is 0.614. The van der Waals surface area contributed by atoms with Crippen molar-refractivity contribution in [2.24, 2.45) is 10.4 Å². The number of aliphatic imine (C=N–C) groups is 1. The van der Waals surface area contributed by atoms with Crippen LogP contribution >= 0.6 is 0 Å². The smallest absolute Gasteiger partial charge is 0.304 e. The Hall–Kier alpha value is -2.00. The number of ether oxygens (including phenoxy) is 1. The van der Waals surface area contributed by atoms with Gasteiger partial charge in [0.05, 0.1) is 12.2 Å². The maximum atomic E-state index is 14.9. The molecule has 170 valence electrons. The lowest BCUT2D eigenvalue weighted by Crippen LogP contribution is -2.49. The summed E-state index contributed by atoms with van der Waals surface area (Å²) >= 11 is 0. The molecule has 9 heteroatoms. The number of halogens is 1. The molecular formula is C22H30FN3O4S. The van der Waals surface area contributed by atoms with E-state index in [0.29, 0.717) is 25.4 Å². The molecule has 3 fully saturated rings. The van der Waals surface area contributed by atoms with E-state index >= 15 is 0 Å². The third-order valence-electron chi connectivity index (χ3n) is 6.51. The first-order valence-corrected chi connectivity index (χ1v) is 12.5. The zero-order valence-corrected chi connectivity index (χ0v) is 18.7. The van der Waals surface area contributed by atoms with Gasteiger partial charge in [-0.2, -0.15) is 12.7 Å². The number of carbonyl (C=O) groups is 1. The molecule has 1 heterocycles. The molecule has 1 aromatic rings. The molecule has 0 aromatic heterocycles. The van der Waals surface area contributed by atoms with Gasteiger partial charge in [0, 0.05) is 37.8 Å². The van der Waals surface area contributed by atoms with Crippen molar-refractivity contribution < 1.29 is 22.3 Å². The topological polar surface area (TPSA) is 88.1 Å². The third-order valence-corrected chi connectivity index (χ3v) is 7.99. The first-order chi connectivity index (χ1) is 14.8. The van der Waals surface area contributed by atoms with Crippen LogP contribution in [-0.2, 0) is 10.2 Å². The van der Waals surface area contributed by atoms with Crippen molar-refractivity contribution in [1.82, 2.24) is 9.03 Å². The van der Waals surface area contributed by atoms with Crippen LogP contribution in [0.5, 0.6) is 5.75 Å². The standard InChI is InChI=1S/C22H30FN3O4S/c1-24-14-22(8-3-2-4-9-22)15-30-20-13-19(23)18(12-17(20)16-6-7-16)21(27)25-31(28,29)26-10-5-11-26/h12-14,16H,2-11,15H2,1H3,(H,25,27). The minimum Gasteiger partial charge on any atom is -0.492 e. The van der Waals surface area contributed by atoms with Crippen LogP contribution < -0.4 is 9.46 Å². The van der Waals surface area contributed by atoms with Crippen LogP contribution in [0.1, 0.15) is 73.2 Å². The fourth-order valence-corrected chi connectivity index (χ4v) is 5.62. The average molecular weight is 452 g/mol. The molecule has 0 radical (unpaired) electrons. The molecule has 3 aliphatic rings. The Labute approximate surface area is 183 Å². The van der Waals surface area contributed by atoms with Crippen LogP contribution in [0.15, 0.2) is 17.1 Å². The fourth-order valence-electron chi connectivity index (χ4n) is 4.41. The summed E-state index contributed by atoms with van der Waals surface area (Å²) in [5, 5.41) is 0. The number of hydrogen-bond donors (Lipinski definition) is 1. The zero-order valence-electron chi connectivity index (χ0n) is 17.9. The largest absolute Gasteiger partial charge is 0.492 e. The van der Waals surface area contributed by atoms with E-state index in [1.165, 1.54) is 22.9 Å². The summed E-state index contributed by atoms with van der Waals surface area (Å²) in [7, 11) is -2.18. The van der Waals surface area contributed by atoms with Crippen molar-refractivity contribution in [2.45, 2.75) is 57.3 Å². The molecule has 7 nitrogen and oxygen atoms in total. The maximum Gasteiger partial charge on any atom is 0.304 e. The number of carbonyl (C=O) groups excluding carboxylic acids is 1. The molecule has 1 amide bonds. The van der Waals surface area contributed by atoms with E-state index in [4.69, 9.17) is 4.74 Å². The van der Waals surface area contributed by atoms with E-state index in [2.05, 4.69) is 4.99 Å². The molecule has 0 unspecified atom stereocenters. The Bertz CT molecular complexity index is 965. The Kier molecular flexibility index (Phi) is 6.35. The van der Waals surface area contributed by atoms with E-state index in [-0.39, 0.29) is 16.9 Å². The molecule has 1 aromatic carbocycles. The number of nitrogens with zero attached hydrogens (tertiary/aromatic N) is 2. The Balaban J connectivity index is 1.54. The lowest BCUT2D eigenvalue weighted by Gasteiger charge is -2.33. The summed E-state index contributed by atoms with van der Waals surface area (Å²) in [4.78, 5) is 16.8. The molecule has 0 atom stereocenters. The van der Waals surface area contributed by atoms with Crippen LogP contribution in [-0.4, -0.2) is 51.6 Å². The van der Waals surface area contributed by atoms with E-state index < -0.39 is 21.9 Å². The first kappa shape index (κ1) is 22.2. The predicted octanol–water partition coefficient (Wildman–Crippen LogP) is 3.41. The van der Waals surface area contributed by atoms with Crippen LogP contribution in [0.25, 0.3) is 0 Å². The molecule has 1 saturated heterocycles. The van der Waals surface area contributed by atoms with Crippen LogP contribution in [0.3, 0.4) is 0 Å². The van der Waals surface area contributed by atoms with Gasteiger partial charge in [-0.3, -0.25) is 4.79 Å². The SMILES string of the molecule is CN=CC1(COc2cc(F)c(C(=O)NS(=O)(=O)N3CCC3)cc2C2CC2)CCCCC1. The van der Waals surface area contributed by atoms with Gasteiger partial charge in [0.2, 0.25) is 0 Å². The fraction of sp³-hybridized carbons (Fsp3) is 0.636. The molecule has 4 rings (SSSR count). The third kappa shape index (κ3) is 4.92. The van der Waals surface area contributed by atoms with Crippen molar-refractivity contribution >= 4 is 22.3 Å². The number of rotatable bonds is 8. The number of benzene rings is 1. The van der Waals surface area contributed by atoms with Crippen molar-refractivity contribution in [2.75, 3.05) is 26.7 Å². The van der Waals surface area contributed by atoms with Crippen LogP contribution in [0, 0.1) is 11.2 Å². The predicted molar refractivity (Wildman–Crippen MR) is 116 cm³/mol. The van der Waals surface area contributed by atoms with Crippen LogP contribution in [0.4, 0.5) is 4.39 Å². The van der Waals surface area contributed by atoms with Crippen LogP contribution in [0.2, 0.25) is 0 Å². The van der Waals surface area contributed by atoms with Gasteiger partial charge in [-0.05, 0) is 49.7 Å². The van der Waals surface area contributed by atoms with Gasteiger partial charge < -0.3 is 9.73 Å². The van der Waals surface area contributed by atoms with Gasteiger partial charge in [-0.1, -0.05) is 19.3 Å². The molecule has 0 spiro atoms. The summed E-state index contributed by atoms with van der Waals surface area (Å²) in [6.45, 7) is 1.15. The van der Waals surface area contributed by atoms with Crippen molar-refractivity contribution in [3.63, 3.8) is 0 Å². The number of nitrogens with one attached hydrogen (secondary N) is 1. The molecule has 1 aliphatic heterocycles. The highest BCUT2D eigenvalue weighted by atomic mass is 32.2. The molecule has 0 bridgehead atoms.